The van der Waals surface area contributed by atoms with Crippen molar-refractivity contribution in [3.63, 3.8) is 0 Å². The summed E-state index contributed by atoms with van der Waals surface area (Å²) in [5.41, 5.74) is 1.53. The van der Waals surface area contributed by atoms with Gasteiger partial charge in [-0.15, -0.1) is 0 Å². The summed E-state index contributed by atoms with van der Waals surface area (Å²) in [6.07, 6.45) is 4.06. The first-order valence-corrected chi connectivity index (χ1v) is 8.09. The first kappa shape index (κ1) is 15.7. The minimum atomic E-state index is -0.203. The van der Waals surface area contributed by atoms with Gasteiger partial charge in [0.2, 0.25) is 0 Å². The fourth-order valence-electron chi connectivity index (χ4n) is 3.14. The van der Waals surface area contributed by atoms with E-state index < -0.39 is 0 Å². The highest BCUT2D eigenvalue weighted by Crippen LogP contribution is 2.23. The minimum Gasteiger partial charge on any atom is -0.361 e. The molecule has 1 fully saturated rings. The maximum absolute atomic E-state index is 12.9. The normalized spacial score (nSPS) is 18.2. The Hall–Kier alpha value is -2.17. The smallest absolute Gasteiger partial charge is 0.276 e. The molecule has 1 atom stereocenters. The second kappa shape index (κ2) is 6.94. The summed E-state index contributed by atoms with van der Waals surface area (Å²) in [6.45, 7) is 3.31. The number of carbonyl (C=O) groups is 1. The molecule has 0 saturated carbocycles. The van der Waals surface area contributed by atoms with Gasteiger partial charge < -0.3 is 9.42 Å². The van der Waals surface area contributed by atoms with E-state index in [0.29, 0.717) is 17.4 Å². The topological polar surface area (TPSA) is 46.3 Å². The van der Waals surface area contributed by atoms with Crippen LogP contribution >= 0.6 is 0 Å². The van der Waals surface area contributed by atoms with Gasteiger partial charge in [0.1, 0.15) is 11.6 Å². The van der Waals surface area contributed by atoms with Crippen molar-refractivity contribution in [1.29, 1.82) is 0 Å². The molecular weight excluding hydrogens is 295 g/mol. The van der Waals surface area contributed by atoms with Crippen LogP contribution in [-0.2, 0) is 6.42 Å². The number of halogens is 1. The van der Waals surface area contributed by atoms with Gasteiger partial charge in [0, 0.05) is 19.2 Å². The highest BCUT2D eigenvalue weighted by Gasteiger charge is 2.26. The van der Waals surface area contributed by atoms with Crippen molar-refractivity contribution in [2.24, 2.45) is 5.92 Å². The summed E-state index contributed by atoms with van der Waals surface area (Å²) in [6, 6.07) is 8.35. The predicted octanol–water partition coefficient (Wildman–Crippen LogP) is 3.61. The van der Waals surface area contributed by atoms with E-state index in [1.165, 1.54) is 12.1 Å². The van der Waals surface area contributed by atoms with Crippen LogP contribution in [0.15, 0.2) is 34.9 Å². The number of hydrogen-bond acceptors (Lipinski definition) is 3. The molecule has 0 radical (unpaired) electrons. The second-order valence-electron chi connectivity index (χ2n) is 6.25. The van der Waals surface area contributed by atoms with Crippen molar-refractivity contribution in [2.75, 3.05) is 13.1 Å². The lowest BCUT2D eigenvalue weighted by atomic mass is 9.91. The molecule has 4 nitrogen and oxygen atoms in total. The summed E-state index contributed by atoms with van der Waals surface area (Å²) in [5, 5.41) is 3.82. The molecule has 1 aliphatic heterocycles. The molecule has 0 spiro atoms. The first-order valence-electron chi connectivity index (χ1n) is 8.09. The molecular formula is C18H21FN2O2. The number of hydrogen-bond donors (Lipinski definition) is 0. The number of piperidine rings is 1. The number of benzene rings is 1. The van der Waals surface area contributed by atoms with E-state index >= 15 is 0 Å². The molecule has 1 aliphatic rings. The first-order chi connectivity index (χ1) is 11.1. The van der Waals surface area contributed by atoms with Crippen molar-refractivity contribution in [2.45, 2.75) is 32.6 Å². The Balaban J connectivity index is 1.55. The Morgan fingerprint density at radius 3 is 2.87 bits per heavy atom. The maximum atomic E-state index is 12.9. The standard InChI is InChI=1S/C18H21FN2O2/c1-13-11-17(20-23-13)18(22)21-10-2-3-15(12-21)5-4-14-6-8-16(19)9-7-14/h6-9,11,15H,2-5,10,12H2,1H3/t15-/m1/s1. The van der Waals surface area contributed by atoms with Gasteiger partial charge in [-0.05, 0) is 56.2 Å². The molecule has 0 aliphatic carbocycles. The Kier molecular flexibility index (Phi) is 4.74. The van der Waals surface area contributed by atoms with E-state index in [9.17, 15) is 9.18 Å². The Labute approximate surface area is 135 Å². The zero-order valence-corrected chi connectivity index (χ0v) is 13.3. The molecule has 1 saturated heterocycles. The summed E-state index contributed by atoms with van der Waals surface area (Å²) in [5.74, 6) is 0.878. The number of aromatic nitrogens is 1. The molecule has 1 aromatic heterocycles. The number of likely N-dealkylation sites (tertiary alicyclic amines) is 1. The van der Waals surface area contributed by atoms with Crippen LogP contribution in [-0.4, -0.2) is 29.1 Å². The summed E-state index contributed by atoms with van der Waals surface area (Å²) in [4.78, 5) is 14.3. The molecule has 0 bridgehead atoms. The van der Waals surface area contributed by atoms with Crippen LogP contribution in [0.4, 0.5) is 4.39 Å². The van der Waals surface area contributed by atoms with E-state index in [-0.39, 0.29) is 11.7 Å². The Morgan fingerprint density at radius 1 is 1.39 bits per heavy atom. The summed E-state index contributed by atoms with van der Waals surface area (Å²) >= 11 is 0. The van der Waals surface area contributed by atoms with Gasteiger partial charge in [-0.1, -0.05) is 17.3 Å². The molecule has 1 aromatic carbocycles. The van der Waals surface area contributed by atoms with Gasteiger partial charge >= 0.3 is 0 Å². The van der Waals surface area contributed by atoms with Gasteiger partial charge in [-0.3, -0.25) is 4.79 Å². The number of nitrogens with zero attached hydrogens (tertiary/aromatic N) is 2. The van der Waals surface area contributed by atoms with Crippen LogP contribution in [0, 0.1) is 18.7 Å². The predicted molar refractivity (Wildman–Crippen MR) is 84.6 cm³/mol. The van der Waals surface area contributed by atoms with E-state index in [1.54, 1.807) is 13.0 Å². The van der Waals surface area contributed by atoms with Gasteiger partial charge in [0.05, 0.1) is 0 Å². The van der Waals surface area contributed by atoms with Crippen molar-refractivity contribution in [3.8, 4) is 0 Å². The van der Waals surface area contributed by atoms with E-state index in [4.69, 9.17) is 4.52 Å². The van der Waals surface area contributed by atoms with Gasteiger partial charge in [-0.25, -0.2) is 4.39 Å². The lowest BCUT2D eigenvalue weighted by Crippen LogP contribution is -2.40. The van der Waals surface area contributed by atoms with E-state index in [0.717, 1.165) is 44.3 Å². The molecule has 3 rings (SSSR count). The van der Waals surface area contributed by atoms with Crippen molar-refractivity contribution < 1.29 is 13.7 Å². The third kappa shape index (κ3) is 3.97. The maximum Gasteiger partial charge on any atom is 0.276 e. The fourth-order valence-corrected chi connectivity index (χ4v) is 3.14. The number of amides is 1. The molecule has 0 unspecified atom stereocenters. The third-order valence-electron chi connectivity index (χ3n) is 4.41. The average Bonchev–Trinajstić information content (AvgIpc) is 3.00. The Bertz CT molecular complexity index is 666. The molecule has 23 heavy (non-hydrogen) atoms. The van der Waals surface area contributed by atoms with Gasteiger partial charge in [0.25, 0.3) is 5.91 Å². The summed E-state index contributed by atoms with van der Waals surface area (Å²) < 4.78 is 17.9. The molecule has 122 valence electrons. The highest BCUT2D eigenvalue weighted by atomic mass is 19.1. The fraction of sp³-hybridized carbons (Fsp3) is 0.444. The molecule has 5 heteroatoms. The van der Waals surface area contributed by atoms with Gasteiger partial charge in [-0.2, -0.15) is 0 Å². The number of carbonyl (C=O) groups excluding carboxylic acids is 1. The SMILES string of the molecule is Cc1cc(C(=O)N2CCC[C@H](CCc3ccc(F)cc3)C2)no1. The van der Waals surface area contributed by atoms with E-state index in [1.807, 2.05) is 17.0 Å². The average molecular weight is 316 g/mol. The van der Waals surface area contributed by atoms with Crippen LogP contribution in [0.1, 0.15) is 41.1 Å². The monoisotopic (exact) mass is 316 g/mol. The quantitative estimate of drug-likeness (QED) is 0.865. The van der Waals surface area contributed by atoms with Crippen molar-refractivity contribution >= 4 is 5.91 Å². The van der Waals surface area contributed by atoms with Crippen LogP contribution in [0.5, 0.6) is 0 Å². The van der Waals surface area contributed by atoms with E-state index in [2.05, 4.69) is 5.16 Å². The molecule has 2 heterocycles. The minimum absolute atomic E-state index is 0.0478. The number of rotatable bonds is 4. The van der Waals surface area contributed by atoms with Crippen LogP contribution < -0.4 is 0 Å². The van der Waals surface area contributed by atoms with Gasteiger partial charge in [0.15, 0.2) is 5.69 Å². The lowest BCUT2D eigenvalue weighted by Gasteiger charge is -2.32. The highest BCUT2D eigenvalue weighted by molar-refractivity contribution is 5.92. The van der Waals surface area contributed by atoms with Crippen molar-refractivity contribution in [1.82, 2.24) is 10.1 Å². The Morgan fingerprint density at radius 2 is 2.17 bits per heavy atom. The third-order valence-corrected chi connectivity index (χ3v) is 4.41. The van der Waals surface area contributed by atoms with Crippen LogP contribution in [0.2, 0.25) is 0 Å². The molecule has 1 amide bonds. The lowest BCUT2D eigenvalue weighted by molar-refractivity contribution is 0.0658. The van der Waals surface area contributed by atoms with Crippen molar-refractivity contribution in [3.05, 3.63) is 53.2 Å². The summed E-state index contributed by atoms with van der Waals surface area (Å²) in [7, 11) is 0. The molecule has 0 N–H and O–H groups in total. The largest absolute Gasteiger partial charge is 0.361 e. The number of aryl methyl sites for hydroxylation is 2. The zero-order chi connectivity index (χ0) is 16.2. The zero-order valence-electron chi connectivity index (χ0n) is 13.3. The van der Waals surface area contributed by atoms with Crippen LogP contribution in [0.25, 0.3) is 0 Å². The second-order valence-corrected chi connectivity index (χ2v) is 6.25. The van der Waals surface area contributed by atoms with Crippen LogP contribution in [0.3, 0.4) is 0 Å². The molecule has 2 aromatic rings.